The molecule has 2 saturated heterocycles. The Labute approximate surface area is 122 Å². The van der Waals surface area contributed by atoms with Crippen LogP contribution in [-0.4, -0.2) is 74.7 Å². The van der Waals surface area contributed by atoms with Gasteiger partial charge in [-0.3, -0.25) is 15.1 Å². The Morgan fingerprint density at radius 3 is 1.75 bits per heavy atom. The van der Waals surface area contributed by atoms with E-state index in [2.05, 4.69) is 15.1 Å². The average Bonchev–Trinajstić information content (AvgIpc) is 2.55. The van der Waals surface area contributed by atoms with Crippen LogP contribution < -0.4 is 5.32 Å². The van der Waals surface area contributed by atoms with Gasteiger partial charge in [-0.15, -0.1) is 0 Å². The number of nitrogens with zero attached hydrogens (tertiary/aromatic N) is 2. The van der Waals surface area contributed by atoms with Gasteiger partial charge in [0.1, 0.15) is 6.29 Å². The van der Waals surface area contributed by atoms with Crippen molar-refractivity contribution in [3.05, 3.63) is 0 Å². The van der Waals surface area contributed by atoms with Gasteiger partial charge in [0.2, 0.25) is 0 Å². The number of rotatable bonds is 4. The van der Waals surface area contributed by atoms with Crippen molar-refractivity contribution >= 4 is 0 Å². The maximum atomic E-state index is 5.51. The smallest absolute Gasteiger partial charge is 0.117 e. The number of hydrogen-bond donors (Lipinski definition) is 1. The monoisotopic (exact) mass is 283 g/mol. The van der Waals surface area contributed by atoms with Gasteiger partial charge < -0.3 is 9.47 Å². The molecular weight excluding hydrogens is 254 g/mol. The van der Waals surface area contributed by atoms with Gasteiger partial charge in [0.15, 0.2) is 0 Å². The Morgan fingerprint density at radius 2 is 1.25 bits per heavy atom. The van der Waals surface area contributed by atoms with Gasteiger partial charge in [0.05, 0.1) is 26.4 Å². The highest BCUT2D eigenvalue weighted by Crippen LogP contribution is 2.20. The Kier molecular flexibility index (Phi) is 5.67. The van der Waals surface area contributed by atoms with Gasteiger partial charge in [-0.2, -0.15) is 0 Å². The average molecular weight is 283 g/mol. The molecule has 2 heterocycles. The van der Waals surface area contributed by atoms with Crippen molar-refractivity contribution in [2.75, 3.05) is 52.6 Å². The lowest BCUT2D eigenvalue weighted by molar-refractivity contribution is -0.0827. The number of ether oxygens (including phenoxy) is 2. The predicted molar refractivity (Wildman–Crippen MR) is 78.6 cm³/mol. The molecule has 0 aromatic rings. The quantitative estimate of drug-likeness (QED) is 0.828. The molecule has 0 spiro atoms. The van der Waals surface area contributed by atoms with Crippen molar-refractivity contribution in [3.63, 3.8) is 0 Å². The first-order valence-corrected chi connectivity index (χ1v) is 8.33. The zero-order valence-corrected chi connectivity index (χ0v) is 12.6. The lowest BCUT2D eigenvalue weighted by Gasteiger charge is -2.45. The summed E-state index contributed by atoms with van der Waals surface area (Å²) < 4.78 is 11.0. The van der Waals surface area contributed by atoms with Crippen LogP contribution in [0.15, 0.2) is 0 Å². The fourth-order valence-corrected chi connectivity index (χ4v) is 3.57. The summed E-state index contributed by atoms with van der Waals surface area (Å²) in [4.78, 5) is 5.12. The van der Waals surface area contributed by atoms with Gasteiger partial charge in [0.25, 0.3) is 0 Å². The molecule has 0 bridgehead atoms. The molecule has 20 heavy (non-hydrogen) atoms. The van der Waals surface area contributed by atoms with Crippen LogP contribution in [-0.2, 0) is 9.47 Å². The lowest BCUT2D eigenvalue weighted by atomic mass is 9.95. The highest BCUT2D eigenvalue weighted by molar-refractivity contribution is 4.81. The van der Waals surface area contributed by atoms with Gasteiger partial charge in [-0.05, 0) is 12.8 Å². The standard InChI is InChI=1S/C15H29N3O2/c1-2-4-14(5-3-1)16-15(17-6-10-19-11-7-17)18-8-12-20-13-9-18/h14-16H,1-13H2. The Morgan fingerprint density at radius 1 is 0.750 bits per heavy atom. The van der Waals surface area contributed by atoms with E-state index in [-0.39, 0.29) is 0 Å². The van der Waals surface area contributed by atoms with Gasteiger partial charge in [-0.25, -0.2) is 0 Å². The molecule has 3 fully saturated rings. The van der Waals surface area contributed by atoms with Crippen molar-refractivity contribution in [1.82, 2.24) is 15.1 Å². The van der Waals surface area contributed by atoms with E-state index in [0.717, 1.165) is 52.6 Å². The van der Waals surface area contributed by atoms with Crippen LogP contribution in [0, 0.1) is 0 Å². The summed E-state index contributed by atoms with van der Waals surface area (Å²) in [5.41, 5.74) is 0. The fourth-order valence-electron chi connectivity index (χ4n) is 3.57. The van der Waals surface area contributed by atoms with E-state index in [0.29, 0.717) is 12.3 Å². The number of hydrogen-bond acceptors (Lipinski definition) is 5. The van der Waals surface area contributed by atoms with Gasteiger partial charge >= 0.3 is 0 Å². The first kappa shape index (κ1) is 14.7. The zero-order valence-electron chi connectivity index (χ0n) is 12.6. The van der Waals surface area contributed by atoms with Crippen molar-refractivity contribution in [2.45, 2.75) is 44.4 Å². The minimum Gasteiger partial charge on any atom is -0.379 e. The number of nitrogens with one attached hydrogen (secondary N) is 1. The molecule has 0 atom stereocenters. The second-order valence-corrected chi connectivity index (χ2v) is 6.17. The van der Waals surface area contributed by atoms with Gasteiger partial charge in [-0.1, -0.05) is 19.3 Å². The predicted octanol–water partition coefficient (Wildman–Crippen LogP) is 0.857. The maximum absolute atomic E-state index is 5.51. The molecule has 1 aliphatic carbocycles. The van der Waals surface area contributed by atoms with Crippen LogP contribution in [0.1, 0.15) is 32.1 Å². The summed E-state index contributed by atoms with van der Waals surface area (Å²) in [5, 5.41) is 3.94. The van der Waals surface area contributed by atoms with E-state index < -0.39 is 0 Å². The van der Waals surface area contributed by atoms with Gasteiger partial charge in [0, 0.05) is 32.2 Å². The SMILES string of the molecule is C1CCC(NC(N2CCOCC2)N2CCOCC2)CC1. The molecule has 2 aliphatic heterocycles. The highest BCUT2D eigenvalue weighted by Gasteiger charge is 2.30. The molecule has 1 N–H and O–H groups in total. The summed E-state index contributed by atoms with van der Waals surface area (Å²) >= 11 is 0. The lowest BCUT2D eigenvalue weighted by Crippen LogP contribution is -2.63. The van der Waals surface area contributed by atoms with Crippen LogP contribution in [0.4, 0.5) is 0 Å². The molecule has 5 nitrogen and oxygen atoms in total. The summed E-state index contributed by atoms with van der Waals surface area (Å²) in [6.45, 7) is 7.65. The zero-order chi connectivity index (χ0) is 13.6. The van der Waals surface area contributed by atoms with E-state index in [4.69, 9.17) is 9.47 Å². The van der Waals surface area contributed by atoms with Crippen molar-refractivity contribution in [2.24, 2.45) is 0 Å². The fraction of sp³-hybridized carbons (Fsp3) is 1.00. The summed E-state index contributed by atoms with van der Waals surface area (Å²) in [6, 6.07) is 0.694. The number of morpholine rings is 2. The molecule has 3 rings (SSSR count). The summed E-state index contributed by atoms with van der Waals surface area (Å²) in [6.07, 6.45) is 7.24. The molecule has 0 aromatic heterocycles. The third kappa shape index (κ3) is 3.92. The first-order chi connectivity index (χ1) is 9.93. The van der Waals surface area contributed by atoms with Crippen molar-refractivity contribution in [3.8, 4) is 0 Å². The minimum absolute atomic E-state index is 0.380. The molecule has 116 valence electrons. The Balaban J connectivity index is 1.61. The van der Waals surface area contributed by atoms with Crippen molar-refractivity contribution in [1.29, 1.82) is 0 Å². The van der Waals surface area contributed by atoms with E-state index in [9.17, 15) is 0 Å². The molecular formula is C15H29N3O2. The molecule has 0 radical (unpaired) electrons. The van der Waals surface area contributed by atoms with Crippen LogP contribution in [0.3, 0.4) is 0 Å². The Bertz CT molecular complexity index is 254. The second kappa shape index (κ2) is 7.71. The van der Waals surface area contributed by atoms with E-state index >= 15 is 0 Å². The molecule has 0 aromatic carbocycles. The normalized spacial score (nSPS) is 28.1. The maximum Gasteiger partial charge on any atom is 0.117 e. The highest BCUT2D eigenvalue weighted by atomic mass is 16.5. The molecule has 1 saturated carbocycles. The topological polar surface area (TPSA) is 37.0 Å². The first-order valence-electron chi connectivity index (χ1n) is 8.33. The Hall–Kier alpha value is -0.200. The molecule has 0 amide bonds. The van der Waals surface area contributed by atoms with E-state index in [1.807, 2.05) is 0 Å². The van der Waals surface area contributed by atoms with Crippen LogP contribution in [0.2, 0.25) is 0 Å². The largest absolute Gasteiger partial charge is 0.379 e. The third-order valence-corrected chi connectivity index (χ3v) is 4.77. The molecule has 3 aliphatic rings. The van der Waals surface area contributed by atoms with Crippen LogP contribution in [0.5, 0.6) is 0 Å². The summed E-state index contributed by atoms with van der Waals surface area (Å²) in [5.74, 6) is 0. The van der Waals surface area contributed by atoms with Crippen LogP contribution in [0.25, 0.3) is 0 Å². The van der Waals surface area contributed by atoms with E-state index in [1.165, 1.54) is 32.1 Å². The molecule has 0 unspecified atom stereocenters. The van der Waals surface area contributed by atoms with Crippen LogP contribution >= 0.6 is 0 Å². The van der Waals surface area contributed by atoms with E-state index in [1.54, 1.807) is 0 Å². The minimum atomic E-state index is 0.380. The second-order valence-electron chi connectivity index (χ2n) is 6.17. The third-order valence-electron chi connectivity index (χ3n) is 4.77. The van der Waals surface area contributed by atoms with Crippen molar-refractivity contribution < 1.29 is 9.47 Å². The molecule has 5 heteroatoms. The summed E-state index contributed by atoms with van der Waals surface area (Å²) in [7, 11) is 0.